The number of amides is 1. The molecule has 1 aromatic carbocycles. The largest absolute Gasteiger partial charge is 0.368 e. The zero-order chi connectivity index (χ0) is 13.8. The number of rotatable bonds is 7. The highest BCUT2D eigenvalue weighted by Crippen LogP contribution is 2.25. The predicted molar refractivity (Wildman–Crippen MR) is 78.4 cm³/mol. The van der Waals surface area contributed by atoms with E-state index < -0.39 is 0 Å². The second-order valence-corrected chi connectivity index (χ2v) is 5.32. The number of nitrogens with zero attached hydrogens (tertiary/aromatic N) is 1. The summed E-state index contributed by atoms with van der Waals surface area (Å²) in [7, 11) is 0. The van der Waals surface area contributed by atoms with Crippen LogP contribution in [0.15, 0.2) is 18.2 Å². The van der Waals surface area contributed by atoms with Crippen LogP contribution >= 0.6 is 11.6 Å². The molecule has 5 heteroatoms. The Bertz CT molecular complexity index is 460. The van der Waals surface area contributed by atoms with Crippen molar-refractivity contribution < 1.29 is 4.79 Å². The Balaban J connectivity index is 2.04. The molecule has 0 aliphatic heterocycles. The van der Waals surface area contributed by atoms with Gasteiger partial charge in [0.15, 0.2) is 0 Å². The van der Waals surface area contributed by atoms with E-state index in [2.05, 4.69) is 5.32 Å². The van der Waals surface area contributed by atoms with Crippen molar-refractivity contribution in [3.8, 4) is 0 Å². The maximum Gasteiger partial charge on any atom is 0.236 e. The SMILES string of the molecule is CCN(CC(N)=O)c1ccc(CNC2CC2)c(Cl)c1. The van der Waals surface area contributed by atoms with Crippen molar-refractivity contribution >= 4 is 23.2 Å². The molecule has 0 heterocycles. The van der Waals surface area contributed by atoms with E-state index in [1.54, 1.807) is 0 Å². The van der Waals surface area contributed by atoms with E-state index in [9.17, 15) is 4.79 Å². The number of carbonyl (C=O) groups is 1. The topological polar surface area (TPSA) is 58.4 Å². The van der Waals surface area contributed by atoms with Crippen molar-refractivity contribution in [3.63, 3.8) is 0 Å². The molecular formula is C14H20ClN3O. The van der Waals surface area contributed by atoms with Crippen molar-refractivity contribution in [2.75, 3.05) is 18.0 Å². The molecule has 0 spiro atoms. The fourth-order valence-corrected chi connectivity index (χ4v) is 2.23. The Morgan fingerprint density at radius 3 is 2.79 bits per heavy atom. The van der Waals surface area contributed by atoms with Crippen LogP contribution in [0.4, 0.5) is 5.69 Å². The summed E-state index contributed by atoms with van der Waals surface area (Å²) in [6.45, 7) is 3.72. The number of primary amides is 1. The van der Waals surface area contributed by atoms with Gasteiger partial charge in [0, 0.05) is 29.8 Å². The number of nitrogens with two attached hydrogens (primary N) is 1. The highest BCUT2D eigenvalue weighted by Gasteiger charge is 2.20. The molecule has 4 nitrogen and oxygen atoms in total. The van der Waals surface area contributed by atoms with E-state index in [1.807, 2.05) is 30.0 Å². The summed E-state index contributed by atoms with van der Waals surface area (Å²) in [6, 6.07) is 6.56. The number of hydrogen-bond acceptors (Lipinski definition) is 3. The first kappa shape index (κ1) is 14.2. The molecule has 1 aliphatic rings. The average molecular weight is 282 g/mol. The van der Waals surface area contributed by atoms with Crippen LogP contribution in [0, 0.1) is 0 Å². The lowest BCUT2D eigenvalue weighted by Crippen LogP contribution is -2.33. The van der Waals surface area contributed by atoms with Gasteiger partial charge in [0.1, 0.15) is 0 Å². The minimum atomic E-state index is -0.336. The van der Waals surface area contributed by atoms with Crippen LogP contribution in [-0.4, -0.2) is 25.0 Å². The normalized spacial score (nSPS) is 14.4. The second kappa shape index (κ2) is 6.26. The number of nitrogens with one attached hydrogen (secondary N) is 1. The van der Waals surface area contributed by atoms with Gasteiger partial charge < -0.3 is 16.0 Å². The van der Waals surface area contributed by atoms with Crippen molar-refractivity contribution in [3.05, 3.63) is 28.8 Å². The lowest BCUT2D eigenvalue weighted by molar-refractivity contribution is -0.116. The number of carbonyl (C=O) groups excluding carboxylic acids is 1. The molecule has 1 saturated carbocycles. The molecule has 3 N–H and O–H groups in total. The van der Waals surface area contributed by atoms with Gasteiger partial charge in [0.2, 0.25) is 5.91 Å². The molecule has 0 unspecified atom stereocenters. The summed E-state index contributed by atoms with van der Waals surface area (Å²) < 4.78 is 0. The van der Waals surface area contributed by atoms with Gasteiger partial charge in [0.25, 0.3) is 0 Å². The van der Waals surface area contributed by atoms with Crippen molar-refractivity contribution in [2.45, 2.75) is 32.4 Å². The molecule has 1 aromatic rings. The summed E-state index contributed by atoms with van der Waals surface area (Å²) in [4.78, 5) is 12.9. The third kappa shape index (κ3) is 4.11. The lowest BCUT2D eigenvalue weighted by atomic mass is 10.2. The van der Waals surface area contributed by atoms with E-state index in [0.29, 0.717) is 6.04 Å². The van der Waals surface area contributed by atoms with Crippen molar-refractivity contribution in [1.82, 2.24) is 5.32 Å². The average Bonchev–Trinajstić information content (AvgIpc) is 3.18. The third-order valence-electron chi connectivity index (χ3n) is 3.29. The van der Waals surface area contributed by atoms with E-state index in [4.69, 9.17) is 17.3 Å². The Kier molecular flexibility index (Phi) is 4.66. The van der Waals surface area contributed by atoms with E-state index >= 15 is 0 Å². The maximum atomic E-state index is 11.0. The van der Waals surface area contributed by atoms with Gasteiger partial charge in [0.05, 0.1) is 6.54 Å². The van der Waals surface area contributed by atoms with E-state index in [-0.39, 0.29) is 12.5 Å². The van der Waals surface area contributed by atoms with Gasteiger partial charge in [-0.15, -0.1) is 0 Å². The molecule has 19 heavy (non-hydrogen) atoms. The van der Waals surface area contributed by atoms with Gasteiger partial charge in [-0.3, -0.25) is 4.79 Å². The van der Waals surface area contributed by atoms with Crippen LogP contribution in [0.25, 0.3) is 0 Å². The van der Waals surface area contributed by atoms with Gasteiger partial charge >= 0.3 is 0 Å². The first-order chi connectivity index (χ1) is 9.10. The standard InChI is InChI=1S/C14H20ClN3O/c1-2-18(9-14(16)19)12-6-3-10(13(15)7-12)8-17-11-4-5-11/h3,6-7,11,17H,2,4-5,8-9H2,1H3,(H2,16,19). The number of benzene rings is 1. The van der Waals surface area contributed by atoms with Gasteiger partial charge in [-0.2, -0.15) is 0 Å². The van der Waals surface area contributed by atoms with Crippen LogP contribution < -0.4 is 16.0 Å². The summed E-state index contributed by atoms with van der Waals surface area (Å²) in [5.74, 6) is -0.336. The Morgan fingerprint density at radius 2 is 2.26 bits per heavy atom. The molecule has 0 radical (unpaired) electrons. The first-order valence-corrected chi connectivity index (χ1v) is 7.03. The lowest BCUT2D eigenvalue weighted by Gasteiger charge is -2.22. The van der Waals surface area contributed by atoms with Crippen LogP contribution in [0.3, 0.4) is 0 Å². The maximum absolute atomic E-state index is 11.0. The highest BCUT2D eigenvalue weighted by molar-refractivity contribution is 6.31. The number of halogens is 1. The predicted octanol–water partition coefficient (Wildman–Crippen LogP) is 1.90. The van der Waals surface area contributed by atoms with Crippen LogP contribution in [-0.2, 0) is 11.3 Å². The smallest absolute Gasteiger partial charge is 0.236 e. The minimum Gasteiger partial charge on any atom is -0.368 e. The van der Waals surface area contributed by atoms with Crippen LogP contribution in [0.1, 0.15) is 25.3 Å². The van der Waals surface area contributed by atoms with Gasteiger partial charge in [-0.05, 0) is 37.5 Å². The minimum absolute atomic E-state index is 0.215. The number of likely N-dealkylation sites (N-methyl/N-ethyl adjacent to an activating group) is 1. The molecule has 0 aromatic heterocycles. The van der Waals surface area contributed by atoms with Crippen LogP contribution in [0.2, 0.25) is 5.02 Å². The second-order valence-electron chi connectivity index (χ2n) is 4.91. The van der Waals surface area contributed by atoms with Crippen LogP contribution in [0.5, 0.6) is 0 Å². The zero-order valence-corrected chi connectivity index (χ0v) is 11.9. The Labute approximate surface area is 118 Å². The summed E-state index contributed by atoms with van der Waals surface area (Å²) in [6.07, 6.45) is 2.52. The third-order valence-corrected chi connectivity index (χ3v) is 3.64. The Hall–Kier alpha value is -1.26. The molecule has 104 valence electrons. The first-order valence-electron chi connectivity index (χ1n) is 6.65. The number of hydrogen-bond donors (Lipinski definition) is 2. The summed E-state index contributed by atoms with van der Waals surface area (Å²) in [5, 5.41) is 4.17. The summed E-state index contributed by atoms with van der Waals surface area (Å²) >= 11 is 6.29. The summed E-state index contributed by atoms with van der Waals surface area (Å²) in [5.41, 5.74) is 7.26. The van der Waals surface area contributed by atoms with E-state index in [0.717, 1.165) is 29.4 Å². The molecule has 1 aliphatic carbocycles. The highest BCUT2D eigenvalue weighted by atomic mass is 35.5. The molecule has 0 bridgehead atoms. The zero-order valence-electron chi connectivity index (χ0n) is 11.2. The van der Waals surface area contributed by atoms with Crippen molar-refractivity contribution in [1.29, 1.82) is 0 Å². The quantitative estimate of drug-likeness (QED) is 0.803. The fraction of sp³-hybridized carbons (Fsp3) is 0.500. The molecule has 1 fully saturated rings. The van der Waals surface area contributed by atoms with Gasteiger partial charge in [-0.1, -0.05) is 17.7 Å². The Morgan fingerprint density at radius 1 is 1.53 bits per heavy atom. The van der Waals surface area contributed by atoms with Gasteiger partial charge in [-0.25, -0.2) is 0 Å². The molecule has 1 amide bonds. The molecule has 0 saturated heterocycles. The molecule has 2 rings (SSSR count). The number of anilines is 1. The fourth-order valence-electron chi connectivity index (χ4n) is 1.99. The molecular weight excluding hydrogens is 262 g/mol. The monoisotopic (exact) mass is 281 g/mol. The molecule has 0 atom stereocenters. The van der Waals surface area contributed by atoms with Crippen molar-refractivity contribution in [2.24, 2.45) is 5.73 Å². The van der Waals surface area contributed by atoms with E-state index in [1.165, 1.54) is 12.8 Å².